The van der Waals surface area contributed by atoms with Crippen molar-refractivity contribution >= 4 is 5.97 Å². The summed E-state index contributed by atoms with van der Waals surface area (Å²) < 4.78 is 0. The van der Waals surface area contributed by atoms with Crippen LogP contribution in [0.2, 0.25) is 0 Å². The molecule has 1 saturated heterocycles. The largest absolute Gasteiger partial charge is 0.481 e. The van der Waals surface area contributed by atoms with Gasteiger partial charge in [-0.1, -0.05) is 29.8 Å². The highest BCUT2D eigenvalue weighted by molar-refractivity contribution is 5.70. The molecule has 2 heterocycles. The standard InChI is InChI=1S/C21H26N2O2/c1-15-8-9-19(16(2)12-15)20(13-18-7-3-4-10-22-18)23-11-5-6-17(14-23)21(24)25/h3-4,7-10,12,17,20H,5-6,11,13-14H2,1-2H3,(H,24,25). The van der Waals surface area contributed by atoms with Crippen molar-refractivity contribution in [1.29, 1.82) is 0 Å². The van der Waals surface area contributed by atoms with E-state index in [0.717, 1.165) is 31.5 Å². The summed E-state index contributed by atoms with van der Waals surface area (Å²) in [5.41, 5.74) is 4.84. The van der Waals surface area contributed by atoms with Gasteiger partial charge in [0.2, 0.25) is 0 Å². The van der Waals surface area contributed by atoms with E-state index >= 15 is 0 Å². The Kier molecular flexibility index (Phi) is 5.49. The van der Waals surface area contributed by atoms with Crippen molar-refractivity contribution in [3.05, 3.63) is 65.0 Å². The zero-order valence-electron chi connectivity index (χ0n) is 15.0. The predicted molar refractivity (Wildman–Crippen MR) is 98.5 cm³/mol. The molecule has 0 saturated carbocycles. The van der Waals surface area contributed by atoms with Crippen molar-refractivity contribution in [3.63, 3.8) is 0 Å². The second kappa shape index (κ2) is 7.79. The van der Waals surface area contributed by atoms with E-state index in [4.69, 9.17) is 0 Å². The third kappa shape index (κ3) is 4.26. The molecule has 2 atom stereocenters. The van der Waals surface area contributed by atoms with E-state index in [2.05, 4.69) is 48.0 Å². The topological polar surface area (TPSA) is 53.4 Å². The first-order valence-corrected chi connectivity index (χ1v) is 8.98. The van der Waals surface area contributed by atoms with Gasteiger partial charge in [-0.3, -0.25) is 14.7 Å². The summed E-state index contributed by atoms with van der Waals surface area (Å²) in [7, 11) is 0. The smallest absolute Gasteiger partial charge is 0.307 e. The third-order valence-electron chi connectivity index (χ3n) is 5.16. The number of aryl methyl sites for hydroxylation is 2. The average Bonchev–Trinajstić information content (AvgIpc) is 2.61. The van der Waals surface area contributed by atoms with Gasteiger partial charge in [-0.15, -0.1) is 0 Å². The van der Waals surface area contributed by atoms with Gasteiger partial charge in [-0.2, -0.15) is 0 Å². The van der Waals surface area contributed by atoms with Gasteiger partial charge in [0.1, 0.15) is 0 Å². The molecule has 2 unspecified atom stereocenters. The number of aromatic nitrogens is 1. The SMILES string of the molecule is Cc1ccc(C(Cc2ccccn2)N2CCCC(C(=O)O)C2)c(C)c1. The summed E-state index contributed by atoms with van der Waals surface area (Å²) >= 11 is 0. The van der Waals surface area contributed by atoms with Crippen LogP contribution in [0, 0.1) is 19.8 Å². The molecule has 1 aromatic carbocycles. The van der Waals surface area contributed by atoms with Gasteiger partial charge in [0.25, 0.3) is 0 Å². The molecule has 25 heavy (non-hydrogen) atoms. The van der Waals surface area contributed by atoms with Crippen LogP contribution in [0.5, 0.6) is 0 Å². The Morgan fingerprint density at radius 1 is 1.32 bits per heavy atom. The van der Waals surface area contributed by atoms with Crippen molar-refractivity contribution in [2.45, 2.75) is 39.2 Å². The summed E-state index contributed by atoms with van der Waals surface area (Å²) in [5.74, 6) is -0.951. The molecule has 4 nitrogen and oxygen atoms in total. The maximum atomic E-state index is 11.5. The number of carboxylic acids is 1. The Morgan fingerprint density at radius 2 is 2.16 bits per heavy atom. The predicted octanol–water partition coefficient (Wildman–Crippen LogP) is 3.78. The number of likely N-dealkylation sites (tertiary alicyclic amines) is 1. The number of hydrogen-bond acceptors (Lipinski definition) is 3. The third-order valence-corrected chi connectivity index (χ3v) is 5.16. The second-order valence-corrected chi connectivity index (χ2v) is 7.07. The first-order chi connectivity index (χ1) is 12.0. The zero-order chi connectivity index (χ0) is 17.8. The quantitative estimate of drug-likeness (QED) is 0.901. The number of piperidine rings is 1. The number of carbonyl (C=O) groups is 1. The molecule has 1 aromatic heterocycles. The van der Waals surface area contributed by atoms with E-state index in [-0.39, 0.29) is 12.0 Å². The molecule has 0 spiro atoms. The minimum atomic E-state index is -0.679. The summed E-state index contributed by atoms with van der Waals surface area (Å²) in [6.45, 7) is 5.80. The van der Waals surface area contributed by atoms with Crippen molar-refractivity contribution in [3.8, 4) is 0 Å². The van der Waals surface area contributed by atoms with Gasteiger partial charge >= 0.3 is 5.97 Å². The lowest BCUT2D eigenvalue weighted by Crippen LogP contribution is -2.41. The Hall–Kier alpha value is -2.20. The lowest BCUT2D eigenvalue weighted by molar-refractivity contribution is -0.144. The van der Waals surface area contributed by atoms with Gasteiger partial charge < -0.3 is 5.11 Å². The molecule has 3 rings (SSSR count). The highest BCUT2D eigenvalue weighted by Gasteiger charge is 2.31. The molecule has 1 aliphatic heterocycles. The van der Waals surface area contributed by atoms with E-state index in [1.54, 1.807) is 0 Å². The Balaban J connectivity index is 1.92. The van der Waals surface area contributed by atoms with Gasteiger partial charge in [-0.05, 0) is 56.5 Å². The molecule has 0 radical (unpaired) electrons. The number of benzene rings is 1. The van der Waals surface area contributed by atoms with E-state index in [0.29, 0.717) is 6.54 Å². The van der Waals surface area contributed by atoms with Gasteiger partial charge in [0.05, 0.1) is 5.92 Å². The molecule has 1 N–H and O–H groups in total. The molecule has 132 valence electrons. The Labute approximate surface area is 149 Å². The van der Waals surface area contributed by atoms with Crippen LogP contribution < -0.4 is 0 Å². The summed E-state index contributed by atoms with van der Waals surface area (Å²) in [5, 5.41) is 9.45. The van der Waals surface area contributed by atoms with Gasteiger partial charge in [0, 0.05) is 30.9 Å². The van der Waals surface area contributed by atoms with Gasteiger partial charge in [0.15, 0.2) is 0 Å². The lowest BCUT2D eigenvalue weighted by Gasteiger charge is -2.38. The summed E-state index contributed by atoms with van der Waals surface area (Å²) in [6, 6.07) is 12.7. The fraction of sp³-hybridized carbons (Fsp3) is 0.429. The van der Waals surface area contributed by atoms with Crippen LogP contribution in [-0.2, 0) is 11.2 Å². The van der Waals surface area contributed by atoms with E-state index in [9.17, 15) is 9.90 Å². The van der Waals surface area contributed by atoms with Crippen molar-refractivity contribution in [2.75, 3.05) is 13.1 Å². The highest BCUT2D eigenvalue weighted by Crippen LogP contribution is 2.31. The zero-order valence-corrected chi connectivity index (χ0v) is 15.0. The summed E-state index contributed by atoms with van der Waals surface area (Å²) in [6.07, 6.45) is 4.33. The fourth-order valence-electron chi connectivity index (χ4n) is 3.84. The molecule has 0 aliphatic carbocycles. The number of rotatable bonds is 5. The Bertz CT molecular complexity index is 730. The first-order valence-electron chi connectivity index (χ1n) is 8.98. The van der Waals surface area contributed by atoms with Crippen LogP contribution in [-0.4, -0.2) is 34.0 Å². The monoisotopic (exact) mass is 338 g/mol. The number of nitrogens with zero attached hydrogens (tertiary/aromatic N) is 2. The molecular formula is C21H26N2O2. The van der Waals surface area contributed by atoms with Crippen LogP contribution in [0.1, 0.15) is 41.3 Å². The number of pyridine rings is 1. The molecule has 1 fully saturated rings. The van der Waals surface area contributed by atoms with Crippen LogP contribution in [0.25, 0.3) is 0 Å². The van der Waals surface area contributed by atoms with Crippen LogP contribution in [0.3, 0.4) is 0 Å². The maximum absolute atomic E-state index is 11.5. The van der Waals surface area contributed by atoms with Crippen molar-refractivity contribution in [1.82, 2.24) is 9.88 Å². The number of hydrogen-bond donors (Lipinski definition) is 1. The lowest BCUT2D eigenvalue weighted by atomic mass is 9.90. The summed E-state index contributed by atoms with van der Waals surface area (Å²) in [4.78, 5) is 18.3. The van der Waals surface area contributed by atoms with E-state index in [1.165, 1.54) is 16.7 Å². The molecule has 1 aliphatic rings. The molecule has 2 aromatic rings. The normalized spacial score (nSPS) is 19.5. The van der Waals surface area contributed by atoms with Gasteiger partial charge in [-0.25, -0.2) is 0 Å². The molecule has 0 amide bonds. The van der Waals surface area contributed by atoms with Crippen molar-refractivity contribution in [2.24, 2.45) is 5.92 Å². The number of carboxylic acid groups (broad SMARTS) is 1. The first kappa shape index (κ1) is 17.6. The second-order valence-electron chi connectivity index (χ2n) is 7.07. The van der Waals surface area contributed by atoms with Crippen molar-refractivity contribution < 1.29 is 9.90 Å². The Morgan fingerprint density at radius 3 is 2.84 bits per heavy atom. The maximum Gasteiger partial charge on any atom is 0.307 e. The number of aliphatic carboxylic acids is 1. The fourth-order valence-corrected chi connectivity index (χ4v) is 3.84. The molecular weight excluding hydrogens is 312 g/mol. The minimum Gasteiger partial charge on any atom is -0.481 e. The van der Waals surface area contributed by atoms with Crippen LogP contribution in [0.4, 0.5) is 0 Å². The van der Waals surface area contributed by atoms with Crippen LogP contribution >= 0.6 is 0 Å². The average molecular weight is 338 g/mol. The minimum absolute atomic E-state index is 0.164. The highest BCUT2D eigenvalue weighted by atomic mass is 16.4. The van der Waals surface area contributed by atoms with E-state index in [1.807, 2.05) is 18.3 Å². The van der Waals surface area contributed by atoms with E-state index < -0.39 is 5.97 Å². The van der Waals surface area contributed by atoms with Crippen LogP contribution in [0.15, 0.2) is 42.6 Å². The molecule has 4 heteroatoms. The molecule has 0 bridgehead atoms.